The molecule has 2 N–H and O–H groups in total. The summed E-state index contributed by atoms with van der Waals surface area (Å²) in [6.07, 6.45) is 2.72. The van der Waals surface area contributed by atoms with Gasteiger partial charge in [0.15, 0.2) is 18.1 Å². The van der Waals surface area contributed by atoms with Crippen LogP contribution in [0.4, 0.5) is 0 Å². The van der Waals surface area contributed by atoms with Crippen LogP contribution in [0.3, 0.4) is 0 Å². The Bertz CT molecular complexity index is 806. The van der Waals surface area contributed by atoms with E-state index in [9.17, 15) is 9.59 Å². The summed E-state index contributed by atoms with van der Waals surface area (Å²) >= 11 is 0. The second-order valence-electron chi connectivity index (χ2n) is 6.35. The van der Waals surface area contributed by atoms with Crippen LogP contribution in [0, 0.1) is 0 Å². The molecule has 2 amide bonds. The maximum Gasteiger partial charge on any atom is 0.276 e. The van der Waals surface area contributed by atoms with Crippen LogP contribution in [0.15, 0.2) is 48.5 Å². The summed E-state index contributed by atoms with van der Waals surface area (Å²) in [4.78, 5) is 24.5. The van der Waals surface area contributed by atoms with Crippen molar-refractivity contribution >= 4 is 11.8 Å². The molecule has 0 aromatic heterocycles. The van der Waals surface area contributed by atoms with E-state index in [4.69, 9.17) is 9.47 Å². The van der Waals surface area contributed by atoms with Crippen molar-refractivity contribution in [2.24, 2.45) is 0 Å². The molecular formula is C21H24N2O4. The number of aryl methyl sites for hydroxylation is 1. The van der Waals surface area contributed by atoms with Gasteiger partial charge in [-0.1, -0.05) is 36.4 Å². The topological polar surface area (TPSA) is 76.7 Å². The number of ether oxygens (including phenoxy) is 2. The minimum atomic E-state index is -0.432. The largest absolute Gasteiger partial charge is 0.490 e. The monoisotopic (exact) mass is 368 g/mol. The quantitative estimate of drug-likeness (QED) is 0.769. The number of hydrogen-bond acceptors (Lipinski definition) is 4. The van der Waals surface area contributed by atoms with Gasteiger partial charge in [-0.05, 0) is 49.4 Å². The first-order chi connectivity index (χ1) is 13.2. The Hall–Kier alpha value is -3.02. The Balaban J connectivity index is 1.51. The Kier molecular flexibility index (Phi) is 6.30. The van der Waals surface area contributed by atoms with Crippen LogP contribution in [0.1, 0.15) is 36.8 Å². The van der Waals surface area contributed by atoms with Crippen LogP contribution in [0.5, 0.6) is 11.5 Å². The van der Waals surface area contributed by atoms with E-state index >= 15 is 0 Å². The average molecular weight is 368 g/mol. The van der Waals surface area contributed by atoms with Crippen molar-refractivity contribution < 1.29 is 19.1 Å². The SMILES string of the molecule is CCOc1ccccc1OCC(=O)NNC(=O)C1CCCc2ccccc21. The minimum Gasteiger partial charge on any atom is -0.490 e. The number of benzene rings is 2. The van der Waals surface area contributed by atoms with E-state index in [-0.39, 0.29) is 18.4 Å². The highest BCUT2D eigenvalue weighted by Gasteiger charge is 2.26. The summed E-state index contributed by atoms with van der Waals surface area (Å²) in [5.41, 5.74) is 7.19. The molecule has 6 heteroatoms. The number of para-hydroxylation sites is 2. The van der Waals surface area contributed by atoms with Crippen molar-refractivity contribution in [1.29, 1.82) is 0 Å². The number of carbonyl (C=O) groups excluding carboxylic acids is 2. The molecule has 1 aliphatic carbocycles. The van der Waals surface area contributed by atoms with Crippen molar-refractivity contribution in [3.63, 3.8) is 0 Å². The molecule has 1 aliphatic rings. The molecule has 2 aromatic carbocycles. The van der Waals surface area contributed by atoms with E-state index < -0.39 is 5.91 Å². The number of hydrazine groups is 1. The zero-order chi connectivity index (χ0) is 19.1. The lowest BCUT2D eigenvalue weighted by Gasteiger charge is -2.24. The van der Waals surface area contributed by atoms with Gasteiger partial charge in [0, 0.05) is 0 Å². The molecule has 2 aromatic rings. The van der Waals surface area contributed by atoms with Crippen molar-refractivity contribution in [3.8, 4) is 11.5 Å². The van der Waals surface area contributed by atoms with Gasteiger partial charge in [0.1, 0.15) is 0 Å². The predicted octanol–water partition coefficient (Wildman–Crippen LogP) is 2.73. The molecule has 6 nitrogen and oxygen atoms in total. The van der Waals surface area contributed by atoms with Crippen LogP contribution in [0.25, 0.3) is 0 Å². The van der Waals surface area contributed by atoms with Gasteiger partial charge in [-0.15, -0.1) is 0 Å². The number of nitrogens with one attached hydrogen (secondary N) is 2. The summed E-state index contributed by atoms with van der Waals surface area (Å²) < 4.78 is 11.0. The van der Waals surface area contributed by atoms with Crippen LogP contribution >= 0.6 is 0 Å². The standard InChI is InChI=1S/C21H24N2O4/c1-2-26-18-12-5-6-13-19(18)27-14-20(24)22-23-21(25)17-11-7-9-15-8-3-4-10-16(15)17/h3-6,8,10,12-13,17H,2,7,9,11,14H2,1H3,(H,22,24)(H,23,25). The third-order valence-electron chi connectivity index (χ3n) is 4.52. The van der Waals surface area contributed by atoms with E-state index in [1.165, 1.54) is 5.56 Å². The molecule has 1 atom stereocenters. The van der Waals surface area contributed by atoms with Crippen LogP contribution in [-0.2, 0) is 16.0 Å². The first-order valence-corrected chi connectivity index (χ1v) is 9.20. The summed E-state index contributed by atoms with van der Waals surface area (Å²) in [6.45, 7) is 2.17. The fourth-order valence-electron chi connectivity index (χ4n) is 3.27. The molecular weight excluding hydrogens is 344 g/mol. The molecule has 142 valence electrons. The number of carbonyl (C=O) groups is 2. The highest BCUT2D eigenvalue weighted by atomic mass is 16.5. The Labute approximate surface area is 158 Å². The first kappa shape index (κ1) is 18.8. The van der Waals surface area contributed by atoms with Gasteiger partial charge in [0.2, 0.25) is 5.91 Å². The number of amides is 2. The van der Waals surface area contributed by atoms with E-state index in [2.05, 4.69) is 16.9 Å². The van der Waals surface area contributed by atoms with Gasteiger partial charge in [-0.25, -0.2) is 0 Å². The number of rotatable bonds is 6. The van der Waals surface area contributed by atoms with Crippen molar-refractivity contribution in [2.45, 2.75) is 32.1 Å². The van der Waals surface area contributed by atoms with Gasteiger partial charge in [0.25, 0.3) is 5.91 Å². The fraction of sp³-hybridized carbons (Fsp3) is 0.333. The lowest BCUT2D eigenvalue weighted by molar-refractivity contribution is -0.130. The molecule has 0 bridgehead atoms. The molecule has 0 saturated carbocycles. The molecule has 0 aliphatic heterocycles. The predicted molar refractivity (Wildman–Crippen MR) is 102 cm³/mol. The first-order valence-electron chi connectivity index (χ1n) is 9.20. The van der Waals surface area contributed by atoms with Gasteiger partial charge in [0.05, 0.1) is 12.5 Å². The van der Waals surface area contributed by atoms with Gasteiger partial charge < -0.3 is 9.47 Å². The maximum absolute atomic E-state index is 12.5. The lowest BCUT2D eigenvalue weighted by Crippen LogP contribution is -2.46. The highest BCUT2D eigenvalue weighted by Crippen LogP contribution is 2.31. The molecule has 0 fully saturated rings. The molecule has 0 heterocycles. The lowest BCUT2D eigenvalue weighted by atomic mass is 9.82. The molecule has 3 rings (SSSR count). The van der Waals surface area contributed by atoms with E-state index in [1.807, 2.05) is 31.2 Å². The average Bonchev–Trinajstić information content (AvgIpc) is 2.71. The zero-order valence-electron chi connectivity index (χ0n) is 15.4. The Morgan fingerprint density at radius 3 is 2.48 bits per heavy atom. The highest BCUT2D eigenvalue weighted by molar-refractivity contribution is 5.87. The normalized spacial score (nSPS) is 15.4. The van der Waals surface area contributed by atoms with Crippen LogP contribution in [-0.4, -0.2) is 25.0 Å². The number of fused-ring (bicyclic) bond motifs is 1. The van der Waals surface area contributed by atoms with Gasteiger partial charge >= 0.3 is 0 Å². The molecule has 0 radical (unpaired) electrons. The van der Waals surface area contributed by atoms with Crippen molar-refractivity contribution in [1.82, 2.24) is 10.9 Å². The smallest absolute Gasteiger partial charge is 0.276 e. The third kappa shape index (κ3) is 4.78. The zero-order valence-corrected chi connectivity index (χ0v) is 15.4. The van der Waals surface area contributed by atoms with E-state index in [1.54, 1.807) is 18.2 Å². The minimum absolute atomic E-state index is 0.204. The van der Waals surface area contributed by atoms with Crippen LogP contribution < -0.4 is 20.3 Å². The van der Waals surface area contributed by atoms with Gasteiger partial charge in [-0.3, -0.25) is 20.4 Å². The number of hydrogen-bond donors (Lipinski definition) is 2. The second kappa shape index (κ2) is 9.07. The third-order valence-corrected chi connectivity index (χ3v) is 4.52. The van der Waals surface area contributed by atoms with Gasteiger partial charge in [-0.2, -0.15) is 0 Å². The molecule has 1 unspecified atom stereocenters. The molecule has 27 heavy (non-hydrogen) atoms. The fourth-order valence-corrected chi connectivity index (χ4v) is 3.27. The van der Waals surface area contributed by atoms with Crippen molar-refractivity contribution in [2.75, 3.05) is 13.2 Å². The maximum atomic E-state index is 12.5. The summed E-state index contributed by atoms with van der Waals surface area (Å²) in [5.74, 6) is 0.191. The summed E-state index contributed by atoms with van der Waals surface area (Å²) in [7, 11) is 0. The second-order valence-corrected chi connectivity index (χ2v) is 6.35. The summed E-state index contributed by atoms with van der Waals surface area (Å²) in [6, 6.07) is 15.1. The Morgan fingerprint density at radius 2 is 1.70 bits per heavy atom. The Morgan fingerprint density at radius 1 is 1.00 bits per heavy atom. The van der Waals surface area contributed by atoms with Crippen molar-refractivity contribution in [3.05, 3.63) is 59.7 Å². The molecule has 0 spiro atoms. The van der Waals surface area contributed by atoms with Crippen LogP contribution in [0.2, 0.25) is 0 Å². The van der Waals surface area contributed by atoms with E-state index in [0.717, 1.165) is 24.8 Å². The summed E-state index contributed by atoms with van der Waals surface area (Å²) in [5, 5.41) is 0. The van der Waals surface area contributed by atoms with E-state index in [0.29, 0.717) is 18.1 Å². The molecule has 0 saturated heterocycles.